The van der Waals surface area contributed by atoms with Crippen LogP contribution in [0.15, 0.2) is 23.1 Å². The average molecular weight is 323 g/mol. The highest BCUT2D eigenvalue weighted by molar-refractivity contribution is 7.92. The summed E-state index contributed by atoms with van der Waals surface area (Å²) in [6.07, 6.45) is 1.29. The van der Waals surface area contributed by atoms with Crippen LogP contribution in [0.25, 0.3) is 0 Å². The largest absolute Gasteiger partial charge is 0.506 e. The average Bonchev–Trinajstić information content (AvgIpc) is 2.30. The second-order valence-electron chi connectivity index (χ2n) is 4.22. The number of benzene rings is 1. The smallest absolute Gasteiger partial charge is 0.232 e. The van der Waals surface area contributed by atoms with Crippen LogP contribution in [-0.4, -0.2) is 47.7 Å². The summed E-state index contributed by atoms with van der Waals surface area (Å²) in [5.74, 6) is -0.531. The summed E-state index contributed by atoms with van der Waals surface area (Å²) in [7, 11) is -5.70. The molecule has 0 aromatic heterocycles. The predicted octanol–water partition coefficient (Wildman–Crippen LogP) is 0.574. The van der Waals surface area contributed by atoms with Gasteiger partial charge >= 0.3 is 0 Å². The van der Waals surface area contributed by atoms with Gasteiger partial charge < -0.3 is 9.84 Å². The number of hydrogen-bond donors (Lipinski definition) is 2. The molecule has 0 unspecified atom stereocenters. The van der Waals surface area contributed by atoms with E-state index in [1.165, 1.54) is 13.2 Å². The van der Waals surface area contributed by atoms with E-state index in [2.05, 4.69) is 4.72 Å². The molecule has 0 aliphatic carbocycles. The maximum absolute atomic E-state index is 11.8. The van der Waals surface area contributed by atoms with E-state index in [4.69, 9.17) is 4.74 Å². The molecule has 0 atom stereocenters. The number of sulfone groups is 1. The summed E-state index contributed by atoms with van der Waals surface area (Å²) in [6.45, 7) is 0.288. The minimum atomic E-state index is -3.68. The molecule has 0 aliphatic heterocycles. The molecule has 0 saturated carbocycles. The summed E-state index contributed by atoms with van der Waals surface area (Å²) in [5.41, 5.74) is -0.162. The van der Waals surface area contributed by atoms with Gasteiger partial charge in [-0.3, -0.25) is 4.72 Å². The van der Waals surface area contributed by atoms with Crippen LogP contribution in [0.3, 0.4) is 0 Å². The van der Waals surface area contributed by atoms with Crippen LogP contribution in [0.5, 0.6) is 5.75 Å². The fourth-order valence-corrected chi connectivity index (χ4v) is 3.19. The van der Waals surface area contributed by atoms with E-state index in [9.17, 15) is 21.9 Å². The zero-order chi connectivity index (χ0) is 15.4. The fourth-order valence-electron chi connectivity index (χ4n) is 1.44. The van der Waals surface area contributed by atoms with E-state index in [-0.39, 0.29) is 28.7 Å². The lowest BCUT2D eigenvalue weighted by Gasteiger charge is -2.10. The molecule has 114 valence electrons. The number of hydrogen-bond acceptors (Lipinski definition) is 6. The Morgan fingerprint density at radius 2 is 1.90 bits per heavy atom. The maximum atomic E-state index is 11.8. The molecule has 0 aliphatic rings. The molecule has 7 nitrogen and oxygen atoms in total. The lowest BCUT2D eigenvalue weighted by Crippen LogP contribution is -2.18. The van der Waals surface area contributed by atoms with Gasteiger partial charge in [0.15, 0.2) is 9.84 Å². The van der Waals surface area contributed by atoms with Crippen LogP contribution in [0, 0.1) is 0 Å². The molecular weight excluding hydrogens is 306 g/mol. The molecule has 0 saturated heterocycles. The molecule has 1 aromatic carbocycles. The summed E-state index contributed by atoms with van der Waals surface area (Å²) in [4.78, 5) is -0.0788. The molecule has 0 fully saturated rings. The minimum absolute atomic E-state index is 0.0788. The van der Waals surface area contributed by atoms with Crippen molar-refractivity contribution in [2.45, 2.75) is 11.3 Å². The van der Waals surface area contributed by atoms with Crippen LogP contribution >= 0.6 is 0 Å². The van der Waals surface area contributed by atoms with Gasteiger partial charge in [-0.2, -0.15) is 0 Å². The first-order chi connectivity index (χ1) is 9.15. The first-order valence-electron chi connectivity index (χ1n) is 5.68. The number of phenolic OH excluding ortho intramolecular Hbond substituents is 1. The monoisotopic (exact) mass is 323 g/mol. The summed E-state index contributed by atoms with van der Waals surface area (Å²) in [5, 5.41) is 9.59. The van der Waals surface area contributed by atoms with Gasteiger partial charge in [-0.05, 0) is 24.6 Å². The van der Waals surface area contributed by atoms with Crippen molar-refractivity contribution in [3.05, 3.63) is 18.2 Å². The minimum Gasteiger partial charge on any atom is -0.506 e. The Labute approximate surface area is 118 Å². The highest BCUT2D eigenvalue weighted by atomic mass is 32.2. The van der Waals surface area contributed by atoms with E-state index in [0.717, 1.165) is 18.4 Å². The fraction of sp³-hybridized carbons (Fsp3) is 0.455. The summed E-state index contributed by atoms with van der Waals surface area (Å²) < 4.78 is 53.2. The number of methoxy groups -OCH3 is 1. The molecule has 9 heteroatoms. The number of rotatable bonds is 7. The van der Waals surface area contributed by atoms with E-state index < -0.39 is 19.9 Å². The Bertz CT molecular complexity index is 666. The Hall–Kier alpha value is -1.32. The molecule has 20 heavy (non-hydrogen) atoms. The zero-order valence-corrected chi connectivity index (χ0v) is 12.8. The van der Waals surface area contributed by atoms with Crippen LogP contribution in [0.2, 0.25) is 0 Å². The molecule has 2 N–H and O–H groups in total. The Morgan fingerprint density at radius 3 is 2.45 bits per heavy atom. The number of nitrogens with one attached hydrogen (secondary N) is 1. The van der Waals surface area contributed by atoms with Gasteiger partial charge in [0.05, 0.1) is 16.3 Å². The third kappa shape index (κ3) is 4.99. The third-order valence-electron chi connectivity index (χ3n) is 2.42. The number of phenols is 1. The highest BCUT2D eigenvalue weighted by Gasteiger charge is 2.16. The third-order valence-corrected chi connectivity index (χ3v) is 4.89. The van der Waals surface area contributed by atoms with Crippen molar-refractivity contribution in [1.29, 1.82) is 0 Å². The summed E-state index contributed by atoms with van der Waals surface area (Å²) >= 11 is 0. The van der Waals surface area contributed by atoms with Crippen LogP contribution in [0.4, 0.5) is 5.69 Å². The Balaban J connectivity index is 2.97. The molecule has 1 aromatic rings. The molecule has 0 spiro atoms. The number of ether oxygens (including phenoxy) is 1. The second kappa shape index (κ2) is 6.42. The van der Waals surface area contributed by atoms with Crippen molar-refractivity contribution in [3.8, 4) is 5.75 Å². The molecule has 0 amide bonds. The maximum Gasteiger partial charge on any atom is 0.232 e. The van der Waals surface area contributed by atoms with Crippen LogP contribution < -0.4 is 4.72 Å². The van der Waals surface area contributed by atoms with Crippen LogP contribution in [0.1, 0.15) is 6.42 Å². The van der Waals surface area contributed by atoms with Crippen LogP contribution in [-0.2, 0) is 24.6 Å². The van der Waals surface area contributed by atoms with E-state index in [1.807, 2.05) is 0 Å². The van der Waals surface area contributed by atoms with Crippen molar-refractivity contribution >= 4 is 25.5 Å². The molecule has 0 radical (unpaired) electrons. The number of aromatic hydroxyl groups is 1. The topological polar surface area (TPSA) is 110 Å². The van der Waals surface area contributed by atoms with Crippen molar-refractivity contribution < 1.29 is 26.7 Å². The van der Waals surface area contributed by atoms with Gasteiger partial charge in [0.1, 0.15) is 5.75 Å². The zero-order valence-electron chi connectivity index (χ0n) is 11.2. The normalized spacial score (nSPS) is 12.3. The Kier molecular flexibility index (Phi) is 5.37. The first-order valence-corrected chi connectivity index (χ1v) is 9.22. The number of anilines is 1. The van der Waals surface area contributed by atoms with Gasteiger partial charge in [0, 0.05) is 20.0 Å². The van der Waals surface area contributed by atoms with Gasteiger partial charge in [-0.25, -0.2) is 16.8 Å². The highest BCUT2D eigenvalue weighted by Crippen LogP contribution is 2.27. The van der Waals surface area contributed by atoms with Crippen molar-refractivity contribution in [3.63, 3.8) is 0 Å². The number of sulfonamides is 1. The Morgan fingerprint density at radius 1 is 1.25 bits per heavy atom. The second-order valence-corrected chi connectivity index (χ2v) is 8.08. The van der Waals surface area contributed by atoms with Gasteiger partial charge in [-0.1, -0.05) is 0 Å². The lowest BCUT2D eigenvalue weighted by molar-refractivity contribution is 0.199. The summed E-state index contributed by atoms with van der Waals surface area (Å²) in [6, 6.07) is 3.41. The predicted molar refractivity (Wildman–Crippen MR) is 75.1 cm³/mol. The SMILES string of the molecule is COCCCS(=O)(=O)Nc1cc(S(C)(=O)=O)ccc1O. The van der Waals surface area contributed by atoms with E-state index in [0.29, 0.717) is 6.42 Å². The van der Waals surface area contributed by atoms with Crippen molar-refractivity contribution in [2.75, 3.05) is 30.4 Å². The van der Waals surface area contributed by atoms with Crippen molar-refractivity contribution in [2.24, 2.45) is 0 Å². The van der Waals surface area contributed by atoms with E-state index in [1.54, 1.807) is 0 Å². The molecule has 0 bridgehead atoms. The van der Waals surface area contributed by atoms with Gasteiger partial charge in [0.2, 0.25) is 10.0 Å². The first kappa shape index (κ1) is 16.7. The van der Waals surface area contributed by atoms with E-state index >= 15 is 0 Å². The van der Waals surface area contributed by atoms with Crippen molar-refractivity contribution in [1.82, 2.24) is 0 Å². The molecule has 0 heterocycles. The standard InChI is InChI=1S/C11H17NO6S2/c1-18-6-3-7-20(16,17)12-10-8-9(19(2,14)15)4-5-11(10)13/h4-5,8,12-13H,3,6-7H2,1-2H3. The van der Waals surface area contributed by atoms with Gasteiger partial charge in [-0.15, -0.1) is 0 Å². The molecule has 1 rings (SSSR count). The van der Waals surface area contributed by atoms with Gasteiger partial charge in [0.25, 0.3) is 0 Å². The lowest BCUT2D eigenvalue weighted by atomic mass is 10.3. The molecular formula is C11H17NO6S2. The quantitative estimate of drug-likeness (QED) is 0.561.